The fourth-order valence-corrected chi connectivity index (χ4v) is 5.99. The van der Waals surface area contributed by atoms with E-state index >= 15 is 0 Å². The fourth-order valence-electron chi connectivity index (χ4n) is 5.44. The molecule has 0 saturated carbocycles. The Bertz CT molecular complexity index is 1360. The lowest BCUT2D eigenvalue weighted by atomic mass is 9.71. The fraction of sp³-hybridized carbons (Fsp3) is 0.419. The van der Waals surface area contributed by atoms with Gasteiger partial charge in [0, 0.05) is 33.8 Å². The van der Waals surface area contributed by atoms with Crippen LogP contribution in [-0.4, -0.2) is 46.8 Å². The molecule has 0 bridgehead atoms. The molecule has 214 valence electrons. The summed E-state index contributed by atoms with van der Waals surface area (Å²) in [6.07, 6.45) is 2.54. The maximum Gasteiger partial charge on any atom is 0.336 e. The number of ketones is 1. The summed E-state index contributed by atoms with van der Waals surface area (Å²) in [5, 5.41) is 3.40. The molecule has 2 atom stereocenters. The molecule has 8 nitrogen and oxygen atoms in total. The Kier molecular flexibility index (Phi) is 9.45. The minimum atomic E-state index is -0.640. The number of carbonyl (C=O) groups is 2. The van der Waals surface area contributed by atoms with Gasteiger partial charge in [-0.1, -0.05) is 35.3 Å². The van der Waals surface area contributed by atoms with Crippen LogP contribution in [0.5, 0.6) is 23.0 Å². The van der Waals surface area contributed by atoms with Crippen LogP contribution in [0.2, 0.25) is 0 Å². The maximum atomic E-state index is 14.0. The van der Waals surface area contributed by atoms with Crippen molar-refractivity contribution in [3.05, 3.63) is 68.5 Å². The van der Waals surface area contributed by atoms with E-state index in [0.717, 1.165) is 29.7 Å². The van der Waals surface area contributed by atoms with E-state index in [2.05, 4.69) is 21.2 Å². The van der Waals surface area contributed by atoms with E-state index in [9.17, 15) is 9.59 Å². The Labute approximate surface area is 243 Å². The molecule has 0 amide bonds. The highest BCUT2D eigenvalue weighted by Crippen LogP contribution is 2.49. The molecule has 0 saturated heterocycles. The van der Waals surface area contributed by atoms with E-state index in [1.807, 2.05) is 38.1 Å². The van der Waals surface area contributed by atoms with Gasteiger partial charge in [0.15, 0.2) is 28.8 Å². The van der Waals surface area contributed by atoms with Crippen LogP contribution >= 0.6 is 15.9 Å². The highest BCUT2D eigenvalue weighted by atomic mass is 79.9. The molecule has 0 radical (unpaired) electrons. The molecule has 1 heterocycles. The van der Waals surface area contributed by atoms with Gasteiger partial charge in [-0.2, -0.15) is 0 Å². The SMILES string of the molecule is CCCCOC(=O)C1=C(C)NC2=C(C(=O)C[C@H](c3ccc(OC)c(OC)c3)C2)[C@@H]1c1cc(OC)c(OC)cc1Br. The van der Waals surface area contributed by atoms with Crippen molar-refractivity contribution in [3.8, 4) is 23.0 Å². The van der Waals surface area contributed by atoms with Crippen molar-refractivity contribution in [3.63, 3.8) is 0 Å². The number of halogens is 1. The first-order valence-electron chi connectivity index (χ1n) is 13.3. The van der Waals surface area contributed by atoms with Gasteiger partial charge < -0.3 is 29.0 Å². The smallest absolute Gasteiger partial charge is 0.336 e. The molecule has 9 heteroatoms. The molecule has 0 spiro atoms. The number of allylic oxidation sites excluding steroid dienone is 3. The molecule has 40 heavy (non-hydrogen) atoms. The minimum Gasteiger partial charge on any atom is -0.493 e. The van der Waals surface area contributed by atoms with Gasteiger partial charge in [-0.05, 0) is 61.1 Å². The zero-order valence-corrected chi connectivity index (χ0v) is 25.4. The Morgan fingerprint density at radius 2 is 1.60 bits per heavy atom. The molecular formula is C31H36BrNO7. The van der Waals surface area contributed by atoms with Gasteiger partial charge in [0.05, 0.1) is 40.6 Å². The minimum absolute atomic E-state index is 0.0356. The van der Waals surface area contributed by atoms with Crippen molar-refractivity contribution in [2.75, 3.05) is 35.0 Å². The summed E-state index contributed by atoms with van der Waals surface area (Å²) >= 11 is 3.67. The number of unbranched alkanes of at least 4 members (excludes halogenated alkanes) is 1. The third kappa shape index (κ3) is 5.70. The molecule has 1 aliphatic heterocycles. The van der Waals surface area contributed by atoms with Crippen molar-refractivity contribution in [1.82, 2.24) is 5.32 Å². The second-order valence-electron chi connectivity index (χ2n) is 9.85. The number of ether oxygens (including phenoxy) is 5. The third-order valence-corrected chi connectivity index (χ3v) is 8.16. The van der Waals surface area contributed by atoms with Crippen LogP contribution in [0, 0.1) is 0 Å². The van der Waals surface area contributed by atoms with Crippen LogP contribution in [0.25, 0.3) is 0 Å². The zero-order chi connectivity index (χ0) is 29.0. The van der Waals surface area contributed by atoms with E-state index < -0.39 is 11.9 Å². The van der Waals surface area contributed by atoms with Crippen LogP contribution in [0.1, 0.15) is 62.5 Å². The molecule has 2 aliphatic rings. The van der Waals surface area contributed by atoms with Crippen LogP contribution in [-0.2, 0) is 14.3 Å². The van der Waals surface area contributed by atoms with Gasteiger partial charge >= 0.3 is 5.97 Å². The largest absolute Gasteiger partial charge is 0.493 e. The average molecular weight is 615 g/mol. The van der Waals surface area contributed by atoms with Crippen molar-refractivity contribution in [1.29, 1.82) is 0 Å². The van der Waals surface area contributed by atoms with Crippen LogP contribution in [0.15, 0.2) is 57.3 Å². The monoisotopic (exact) mass is 613 g/mol. The van der Waals surface area contributed by atoms with Crippen molar-refractivity contribution < 1.29 is 33.3 Å². The summed E-state index contributed by atoms with van der Waals surface area (Å²) in [5.74, 6) is 1.11. The lowest BCUT2D eigenvalue weighted by molar-refractivity contribution is -0.139. The summed E-state index contributed by atoms with van der Waals surface area (Å²) in [6.45, 7) is 4.20. The van der Waals surface area contributed by atoms with Crippen LogP contribution < -0.4 is 24.3 Å². The van der Waals surface area contributed by atoms with Gasteiger partial charge in [0.1, 0.15) is 0 Å². The highest BCUT2D eigenvalue weighted by molar-refractivity contribution is 9.10. The van der Waals surface area contributed by atoms with E-state index in [1.54, 1.807) is 34.5 Å². The molecule has 4 rings (SSSR count). The van der Waals surface area contributed by atoms with Crippen LogP contribution in [0.3, 0.4) is 0 Å². The molecule has 2 aromatic rings. The molecule has 0 unspecified atom stereocenters. The number of dihydropyridines is 1. The molecular weight excluding hydrogens is 578 g/mol. The molecule has 0 fully saturated rings. The first-order valence-corrected chi connectivity index (χ1v) is 14.1. The summed E-state index contributed by atoms with van der Waals surface area (Å²) < 4.78 is 28.3. The lowest BCUT2D eigenvalue weighted by Gasteiger charge is -2.37. The summed E-state index contributed by atoms with van der Waals surface area (Å²) in [5.41, 5.74) is 4.15. The highest BCUT2D eigenvalue weighted by Gasteiger charge is 2.42. The summed E-state index contributed by atoms with van der Waals surface area (Å²) in [7, 11) is 6.31. The number of methoxy groups -OCH3 is 4. The van der Waals surface area contributed by atoms with Crippen LogP contribution in [0.4, 0.5) is 0 Å². The predicted octanol–water partition coefficient (Wildman–Crippen LogP) is 6.19. The maximum absolute atomic E-state index is 14.0. The normalized spacial score (nSPS) is 18.6. The van der Waals surface area contributed by atoms with Gasteiger partial charge in [-0.15, -0.1) is 0 Å². The second-order valence-corrected chi connectivity index (χ2v) is 10.7. The van der Waals surface area contributed by atoms with Crippen molar-refractivity contribution >= 4 is 27.7 Å². The zero-order valence-electron chi connectivity index (χ0n) is 23.8. The number of Topliss-reactive ketones (excluding diaryl/α,β-unsaturated/α-hetero) is 1. The van der Waals surface area contributed by atoms with Gasteiger partial charge in [-0.25, -0.2) is 4.79 Å². The van der Waals surface area contributed by atoms with Gasteiger partial charge in [-0.3, -0.25) is 4.79 Å². The van der Waals surface area contributed by atoms with E-state index in [1.165, 1.54) is 0 Å². The lowest BCUT2D eigenvalue weighted by Crippen LogP contribution is -2.36. The number of carbonyl (C=O) groups excluding carboxylic acids is 2. The standard InChI is InChI=1S/C31H36BrNO7/c1-7-8-11-40-31(35)28-17(2)33-22-12-19(18-9-10-24(36-3)25(14-18)37-4)13-23(34)30(22)29(28)20-15-26(38-5)27(39-6)16-21(20)32/h9-10,14-16,19,29,33H,7-8,11-13H2,1-6H3/t19-,29-/m1/s1. The number of benzene rings is 2. The van der Waals surface area contributed by atoms with Gasteiger partial charge in [0.25, 0.3) is 0 Å². The average Bonchev–Trinajstić information content (AvgIpc) is 2.95. The quantitative estimate of drug-likeness (QED) is 0.250. The van der Waals surface area contributed by atoms with Gasteiger partial charge in [0.2, 0.25) is 0 Å². The molecule has 1 aliphatic carbocycles. The number of hydrogen-bond donors (Lipinski definition) is 1. The number of esters is 1. The number of nitrogens with one attached hydrogen (secondary N) is 1. The Hall–Kier alpha value is -3.46. The number of rotatable bonds is 10. The van der Waals surface area contributed by atoms with E-state index in [4.69, 9.17) is 23.7 Å². The predicted molar refractivity (Wildman–Crippen MR) is 155 cm³/mol. The van der Waals surface area contributed by atoms with Crippen molar-refractivity contribution in [2.24, 2.45) is 0 Å². The molecule has 1 N–H and O–H groups in total. The first kappa shape index (κ1) is 29.5. The van der Waals surface area contributed by atoms with Crippen molar-refractivity contribution in [2.45, 2.75) is 51.4 Å². The van der Waals surface area contributed by atoms with E-state index in [0.29, 0.717) is 57.3 Å². The third-order valence-electron chi connectivity index (χ3n) is 7.47. The molecule has 2 aromatic carbocycles. The second kappa shape index (κ2) is 12.8. The first-order chi connectivity index (χ1) is 19.3. The number of hydrogen-bond acceptors (Lipinski definition) is 8. The Balaban J connectivity index is 1.82. The molecule has 0 aromatic heterocycles. The summed E-state index contributed by atoms with van der Waals surface area (Å²) in [6, 6.07) is 9.37. The Morgan fingerprint density at radius 1 is 0.950 bits per heavy atom. The van der Waals surface area contributed by atoms with E-state index in [-0.39, 0.29) is 18.1 Å². The Morgan fingerprint density at radius 3 is 2.25 bits per heavy atom. The topological polar surface area (TPSA) is 92.3 Å². The summed E-state index contributed by atoms with van der Waals surface area (Å²) in [4.78, 5) is 27.5.